The molecule has 0 rings (SSSR count). The summed E-state index contributed by atoms with van der Waals surface area (Å²) in [6.07, 6.45) is 1.53. The van der Waals surface area contributed by atoms with Gasteiger partial charge in [0.2, 0.25) is 0 Å². The molecule has 0 aromatic rings. The van der Waals surface area contributed by atoms with Gasteiger partial charge < -0.3 is 19.9 Å². The Bertz CT molecular complexity index is 164. The summed E-state index contributed by atoms with van der Waals surface area (Å²) >= 11 is 0. The van der Waals surface area contributed by atoms with Gasteiger partial charge in [0, 0.05) is 7.11 Å². The second-order valence-electron chi connectivity index (χ2n) is 3.17. The van der Waals surface area contributed by atoms with Crippen LogP contribution in [0.15, 0.2) is 0 Å². The second-order valence-corrected chi connectivity index (χ2v) is 3.17. The predicted octanol–water partition coefficient (Wildman–Crippen LogP) is 0.320. The number of methoxy groups -OCH3 is 1. The van der Waals surface area contributed by atoms with E-state index < -0.39 is 6.04 Å². The van der Waals surface area contributed by atoms with Gasteiger partial charge in [0.05, 0.1) is 19.8 Å². The summed E-state index contributed by atoms with van der Waals surface area (Å²) < 4.78 is 14.8. The molecule has 90 valence electrons. The molecule has 5 nitrogen and oxygen atoms in total. The minimum Gasteiger partial charge on any atom is -0.462 e. The van der Waals surface area contributed by atoms with E-state index in [0.29, 0.717) is 26.2 Å². The van der Waals surface area contributed by atoms with Gasteiger partial charge in [-0.15, -0.1) is 0 Å². The lowest BCUT2D eigenvalue weighted by atomic mass is 10.2. The Hall–Kier alpha value is -0.650. The Labute approximate surface area is 90.9 Å². The Morgan fingerprint density at radius 3 is 2.53 bits per heavy atom. The summed E-state index contributed by atoms with van der Waals surface area (Å²) in [6, 6.07) is -0.506. The third kappa shape index (κ3) is 8.35. The van der Waals surface area contributed by atoms with Crippen molar-refractivity contribution in [2.24, 2.45) is 5.73 Å². The number of rotatable bonds is 9. The molecule has 0 aromatic carbocycles. The number of esters is 1. The fourth-order valence-corrected chi connectivity index (χ4v) is 0.981. The highest BCUT2D eigenvalue weighted by atomic mass is 16.6. The molecule has 0 fully saturated rings. The van der Waals surface area contributed by atoms with Crippen LogP contribution >= 0.6 is 0 Å². The van der Waals surface area contributed by atoms with Crippen LogP contribution in [-0.4, -0.2) is 45.5 Å². The zero-order valence-corrected chi connectivity index (χ0v) is 9.53. The first-order valence-corrected chi connectivity index (χ1v) is 5.21. The van der Waals surface area contributed by atoms with E-state index in [1.165, 1.54) is 0 Å². The molecule has 0 aromatic heterocycles. The van der Waals surface area contributed by atoms with Crippen molar-refractivity contribution in [1.82, 2.24) is 0 Å². The number of nitrogens with two attached hydrogens (primary N) is 1. The molecule has 15 heavy (non-hydrogen) atoms. The maximum absolute atomic E-state index is 11.2. The van der Waals surface area contributed by atoms with Crippen LogP contribution in [-0.2, 0) is 19.0 Å². The number of hydrogen-bond donors (Lipinski definition) is 1. The van der Waals surface area contributed by atoms with Crippen molar-refractivity contribution < 1.29 is 19.0 Å². The molecule has 0 aliphatic heterocycles. The highest BCUT2D eigenvalue weighted by molar-refractivity contribution is 5.75. The standard InChI is InChI=1S/C10H21NO4/c1-3-4-9(11)10(12)15-8-7-14-6-5-13-2/h9H,3-8,11H2,1-2H3/t9-/m1/s1. The van der Waals surface area contributed by atoms with Gasteiger partial charge in [-0.2, -0.15) is 0 Å². The molecule has 0 aliphatic carbocycles. The van der Waals surface area contributed by atoms with Crippen molar-refractivity contribution in [2.75, 3.05) is 33.5 Å². The monoisotopic (exact) mass is 219 g/mol. The van der Waals surface area contributed by atoms with Crippen LogP contribution < -0.4 is 5.73 Å². The average Bonchev–Trinajstić information content (AvgIpc) is 2.23. The summed E-state index contributed by atoms with van der Waals surface area (Å²) in [6.45, 7) is 3.66. The molecule has 2 N–H and O–H groups in total. The molecule has 0 spiro atoms. The SMILES string of the molecule is CCC[C@@H](N)C(=O)OCCOCCOC. The lowest BCUT2D eigenvalue weighted by Crippen LogP contribution is -2.32. The van der Waals surface area contributed by atoms with E-state index in [1.54, 1.807) is 7.11 Å². The van der Waals surface area contributed by atoms with Gasteiger partial charge in [0.15, 0.2) is 0 Å². The van der Waals surface area contributed by atoms with Gasteiger partial charge in [-0.25, -0.2) is 0 Å². The van der Waals surface area contributed by atoms with E-state index in [-0.39, 0.29) is 12.6 Å². The second kappa shape index (κ2) is 9.89. The highest BCUT2D eigenvalue weighted by Gasteiger charge is 2.12. The lowest BCUT2D eigenvalue weighted by molar-refractivity contribution is -0.147. The van der Waals surface area contributed by atoms with Gasteiger partial charge in [0.25, 0.3) is 0 Å². The zero-order valence-electron chi connectivity index (χ0n) is 9.53. The van der Waals surface area contributed by atoms with Crippen molar-refractivity contribution in [1.29, 1.82) is 0 Å². The van der Waals surface area contributed by atoms with Gasteiger partial charge >= 0.3 is 5.97 Å². The molecular formula is C10H21NO4. The largest absolute Gasteiger partial charge is 0.462 e. The first kappa shape index (κ1) is 14.3. The van der Waals surface area contributed by atoms with Gasteiger partial charge in [-0.3, -0.25) is 4.79 Å². The van der Waals surface area contributed by atoms with Crippen molar-refractivity contribution in [3.63, 3.8) is 0 Å². The van der Waals surface area contributed by atoms with Crippen LogP contribution in [0.2, 0.25) is 0 Å². The maximum Gasteiger partial charge on any atom is 0.322 e. The Kier molecular flexibility index (Phi) is 9.46. The van der Waals surface area contributed by atoms with E-state index in [4.69, 9.17) is 19.9 Å². The van der Waals surface area contributed by atoms with Crippen molar-refractivity contribution >= 4 is 5.97 Å². The average molecular weight is 219 g/mol. The van der Waals surface area contributed by atoms with E-state index in [1.807, 2.05) is 6.92 Å². The summed E-state index contributed by atoms with van der Waals surface area (Å²) in [4.78, 5) is 11.2. The number of carbonyl (C=O) groups is 1. The maximum atomic E-state index is 11.2. The topological polar surface area (TPSA) is 70.8 Å². The van der Waals surface area contributed by atoms with Gasteiger partial charge in [-0.1, -0.05) is 13.3 Å². The fraction of sp³-hybridized carbons (Fsp3) is 0.900. The molecule has 0 aliphatic rings. The van der Waals surface area contributed by atoms with Gasteiger partial charge in [0.1, 0.15) is 12.6 Å². The van der Waals surface area contributed by atoms with Crippen LogP contribution in [0.4, 0.5) is 0 Å². The number of carbonyl (C=O) groups excluding carboxylic acids is 1. The lowest BCUT2D eigenvalue weighted by Gasteiger charge is -2.10. The summed E-state index contributed by atoms with van der Waals surface area (Å²) in [5, 5.41) is 0. The summed E-state index contributed by atoms with van der Waals surface area (Å²) in [5.41, 5.74) is 5.55. The van der Waals surface area contributed by atoms with E-state index in [9.17, 15) is 4.79 Å². The molecule has 5 heteroatoms. The molecule has 0 unspecified atom stereocenters. The van der Waals surface area contributed by atoms with E-state index in [2.05, 4.69) is 0 Å². The van der Waals surface area contributed by atoms with Crippen molar-refractivity contribution in [3.05, 3.63) is 0 Å². The molecule has 0 saturated heterocycles. The van der Waals surface area contributed by atoms with Crippen molar-refractivity contribution in [2.45, 2.75) is 25.8 Å². The minimum atomic E-state index is -0.506. The third-order valence-electron chi connectivity index (χ3n) is 1.81. The van der Waals surface area contributed by atoms with Gasteiger partial charge in [-0.05, 0) is 6.42 Å². The van der Waals surface area contributed by atoms with E-state index >= 15 is 0 Å². The minimum absolute atomic E-state index is 0.250. The quantitative estimate of drug-likeness (QED) is 0.446. The Morgan fingerprint density at radius 2 is 1.93 bits per heavy atom. The summed E-state index contributed by atoms with van der Waals surface area (Å²) in [5.74, 6) is -0.354. The Balaban J connectivity index is 3.30. The molecule has 0 saturated carbocycles. The number of hydrogen-bond acceptors (Lipinski definition) is 5. The molecule has 0 radical (unpaired) electrons. The molecule has 1 atom stereocenters. The summed E-state index contributed by atoms with van der Waals surface area (Å²) in [7, 11) is 1.60. The molecular weight excluding hydrogens is 198 g/mol. The highest BCUT2D eigenvalue weighted by Crippen LogP contribution is 1.95. The normalized spacial score (nSPS) is 12.5. The molecule has 0 heterocycles. The molecule has 0 amide bonds. The van der Waals surface area contributed by atoms with Crippen LogP contribution in [0.5, 0.6) is 0 Å². The first-order valence-electron chi connectivity index (χ1n) is 5.21. The van der Waals surface area contributed by atoms with Crippen LogP contribution in [0, 0.1) is 0 Å². The fourth-order valence-electron chi connectivity index (χ4n) is 0.981. The van der Waals surface area contributed by atoms with Crippen LogP contribution in [0.25, 0.3) is 0 Å². The van der Waals surface area contributed by atoms with Crippen molar-refractivity contribution in [3.8, 4) is 0 Å². The predicted molar refractivity (Wildman–Crippen MR) is 56.5 cm³/mol. The Morgan fingerprint density at radius 1 is 1.27 bits per heavy atom. The number of ether oxygens (including phenoxy) is 3. The third-order valence-corrected chi connectivity index (χ3v) is 1.81. The first-order chi connectivity index (χ1) is 7.22. The zero-order chi connectivity index (χ0) is 11.5. The van der Waals surface area contributed by atoms with E-state index in [0.717, 1.165) is 6.42 Å². The van der Waals surface area contributed by atoms with Crippen LogP contribution in [0.1, 0.15) is 19.8 Å². The van der Waals surface area contributed by atoms with Crippen LogP contribution in [0.3, 0.4) is 0 Å². The smallest absolute Gasteiger partial charge is 0.322 e. The molecule has 0 bridgehead atoms.